The van der Waals surface area contributed by atoms with Gasteiger partial charge in [-0.1, -0.05) is 29.8 Å². The van der Waals surface area contributed by atoms with E-state index in [4.69, 9.17) is 5.73 Å². The third-order valence-corrected chi connectivity index (χ3v) is 2.78. The molecule has 0 radical (unpaired) electrons. The van der Waals surface area contributed by atoms with Crippen LogP contribution >= 0.6 is 0 Å². The SMILES string of the molecule is Cc1ccc(C(=O)C(C)N(C)CC(N)=O)cc1. The van der Waals surface area contributed by atoms with Crippen molar-refractivity contribution in [3.8, 4) is 0 Å². The third-order valence-electron chi connectivity index (χ3n) is 2.78. The van der Waals surface area contributed by atoms with Crippen molar-refractivity contribution in [2.24, 2.45) is 5.73 Å². The van der Waals surface area contributed by atoms with Gasteiger partial charge < -0.3 is 5.73 Å². The van der Waals surface area contributed by atoms with Crippen LogP contribution in [0, 0.1) is 6.92 Å². The average molecular weight is 234 g/mol. The molecule has 1 aromatic rings. The number of likely N-dealkylation sites (N-methyl/N-ethyl adjacent to an activating group) is 1. The molecule has 0 aromatic heterocycles. The number of aryl methyl sites for hydroxylation is 1. The van der Waals surface area contributed by atoms with Crippen molar-refractivity contribution in [3.63, 3.8) is 0 Å². The Bertz CT molecular complexity index is 412. The lowest BCUT2D eigenvalue weighted by atomic mass is 10.0. The predicted molar refractivity (Wildman–Crippen MR) is 66.8 cm³/mol. The van der Waals surface area contributed by atoms with Gasteiger partial charge in [0.25, 0.3) is 0 Å². The Hall–Kier alpha value is -1.68. The highest BCUT2D eigenvalue weighted by Crippen LogP contribution is 2.09. The molecule has 0 spiro atoms. The van der Waals surface area contributed by atoms with Gasteiger partial charge in [0, 0.05) is 5.56 Å². The quantitative estimate of drug-likeness (QED) is 0.772. The summed E-state index contributed by atoms with van der Waals surface area (Å²) < 4.78 is 0. The van der Waals surface area contributed by atoms with Crippen molar-refractivity contribution in [1.82, 2.24) is 4.90 Å². The van der Waals surface area contributed by atoms with E-state index in [0.717, 1.165) is 5.56 Å². The largest absolute Gasteiger partial charge is 0.369 e. The summed E-state index contributed by atoms with van der Waals surface area (Å²) >= 11 is 0. The molecule has 0 saturated heterocycles. The number of ketones is 1. The van der Waals surface area contributed by atoms with Gasteiger partial charge in [-0.2, -0.15) is 0 Å². The summed E-state index contributed by atoms with van der Waals surface area (Å²) in [4.78, 5) is 24.5. The topological polar surface area (TPSA) is 63.4 Å². The second-order valence-electron chi connectivity index (χ2n) is 4.29. The second kappa shape index (κ2) is 5.59. The molecule has 2 N–H and O–H groups in total. The van der Waals surface area contributed by atoms with Gasteiger partial charge >= 0.3 is 0 Å². The number of Topliss-reactive ketones (excluding diaryl/α,β-unsaturated/α-hetero) is 1. The molecule has 1 unspecified atom stereocenters. The molecule has 0 heterocycles. The Morgan fingerprint density at radius 3 is 2.29 bits per heavy atom. The van der Waals surface area contributed by atoms with Crippen molar-refractivity contribution in [1.29, 1.82) is 0 Å². The van der Waals surface area contributed by atoms with Crippen molar-refractivity contribution in [2.75, 3.05) is 13.6 Å². The van der Waals surface area contributed by atoms with E-state index in [1.54, 1.807) is 31.0 Å². The van der Waals surface area contributed by atoms with Gasteiger partial charge in [0.05, 0.1) is 12.6 Å². The normalized spacial score (nSPS) is 12.5. The van der Waals surface area contributed by atoms with Gasteiger partial charge in [0.2, 0.25) is 5.91 Å². The molecule has 0 aliphatic rings. The molecular weight excluding hydrogens is 216 g/mol. The number of primary amides is 1. The van der Waals surface area contributed by atoms with E-state index in [1.807, 2.05) is 19.1 Å². The number of benzene rings is 1. The van der Waals surface area contributed by atoms with Crippen molar-refractivity contribution < 1.29 is 9.59 Å². The van der Waals surface area contributed by atoms with Crippen molar-refractivity contribution in [3.05, 3.63) is 35.4 Å². The lowest BCUT2D eigenvalue weighted by Gasteiger charge is -2.21. The van der Waals surface area contributed by atoms with Gasteiger partial charge in [-0.15, -0.1) is 0 Å². The molecule has 0 bridgehead atoms. The molecular formula is C13H18N2O2. The standard InChI is InChI=1S/C13H18N2O2/c1-9-4-6-11(7-5-9)13(17)10(2)15(3)8-12(14)16/h4-7,10H,8H2,1-3H3,(H2,14,16). The number of nitrogens with two attached hydrogens (primary N) is 1. The fraction of sp³-hybridized carbons (Fsp3) is 0.385. The minimum Gasteiger partial charge on any atom is -0.369 e. The summed E-state index contributed by atoms with van der Waals surface area (Å²) in [6, 6.07) is 7.03. The number of rotatable bonds is 5. The zero-order valence-corrected chi connectivity index (χ0v) is 10.4. The van der Waals surface area contributed by atoms with Gasteiger partial charge in [0.1, 0.15) is 0 Å². The van der Waals surface area contributed by atoms with E-state index in [2.05, 4.69) is 0 Å². The summed E-state index contributed by atoms with van der Waals surface area (Å²) in [6.07, 6.45) is 0. The second-order valence-corrected chi connectivity index (χ2v) is 4.29. The zero-order chi connectivity index (χ0) is 13.0. The molecule has 92 valence electrons. The van der Waals surface area contributed by atoms with Crippen LogP contribution in [0.25, 0.3) is 0 Å². The van der Waals surface area contributed by atoms with E-state index in [0.29, 0.717) is 5.56 Å². The maximum Gasteiger partial charge on any atom is 0.231 e. The number of nitrogens with zero attached hydrogens (tertiary/aromatic N) is 1. The van der Waals surface area contributed by atoms with Crippen LogP contribution in [0.2, 0.25) is 0 Å². The maximum absolute atomic E-state index is 12.1. The number of carbonyl (C=O) groups excluding carboxylic acids is 2. The van der Waals surface area contributed by atoms with Crippen molar-refractivity contribution in [2.45, 2.75) is 19.9 Å². The summed E-state index contributed by atoms with van der Waals surface area (Å²) in [5, 5.41) is 0. The molecule has 0 aliphatic carbocycles. The average Bonchev–Trinajstić information content (AvgIpc) is 2.27. The molecule has 17 heavy (non-hydrogen) atoms. The fourth-order valence-corrected chi connectivity index (χ4v) is 1.54. The van der Waals surface area contributed by atoms with E-state index in [1.165, 1.54) is 0 Å². The Balaban J connectivity index is 2.75. The first-order valence-corrected chi connectivity index (χ1v) is 5.51. The van der Waals surface area contributed by atoms with Crippen LogP contribution in [0.4, 0.5) is 0 Å². The first-order valence-electron chi connectivity index (χ1n) is 5.51. The Morgan fingerprint density at radius 1 is 1.29 bits per heavy atom. The zero-order valence-electron chi connectivity index (χ0n) is 10.4. The van der Waals surface area contributed by atoms with Crippen LogP contribution in [0.3, 0.4) is 0 Å². The van der Waals surface area contributed by atoms with Gasteiger partial charge in [-0.3, -0.25) is 14.5 Å². The number of hydrogen-bond acceptors (Lipinski definition) is 3. The van der Waals surface area contributed by atoms with Gasteiger partial charge in [-0.05, 0) is 20.9 Å². The number of amides is 1. The van der Waals surface area contributed by atoms with E-state index in [-0.39, 0.29) is 18.4 Å². The van der Waals surface area contributed by atoms with Crippen LogP contribution in [0.5, 0.6) is 0 Å². The monoisotopic (exact) mass is 234 g/mol. The smallest absolute Gasteiger partial charge is 0.231 e. The van der Waals surface area contributed by atoms with Crippen LogP contribution in [-0.2, 0) is 4.79 Å². The molecule has 1 atom stereocenters. The Kier molecular flexibility index (Phi) is 4.40. The van der Waals surface area contributed by atoms with E-state index >= 15 is 0 Å². The molecule has 1 rings (SSSR count). The summed E-state index contributed by atoms with van der Waals surface area (Å²) in [6.45, 7) is 3.82. The number of hydrogen-bond donors (Lipinski definition) is 1. The van der Waals surface area contributed by atoms with Crippen molar-refractivity contribution >= 4 is 11.7 Å². The third kappa shape index (κ3) is 3.67. The first kappa shape index (κ1) is 13.4. The van der Waals surface area contributed by atoms with Crippen LogP contribution in [-0.4, -0.2) is 36.2 Å². The minimum atomic E-state index is -0.434. The lowest BCUT2D eigenvalue weighted by molar-refractivity contribution is -0.119. The first-order chi connectivity index (χ1) is 7.91. The van der Waals surface area contributed by atoms with Crippen LogP contribution in [0.15, 0.2) is 24.3 Å². The summed E-state index contributed by atoms with van der Waals surface area (Å²) in [7, 11) is 1.71. The molecule has 1 aromatic carbocycles. The van der Waals surface area contributed by atoms with Gasteiger partial charge in [-0.25, -0.2) is 0 Å². The van der Waals surface area contributed by atoms with E-state index < -0.39 is 5.91 Å². The van der Waals surface area contributed by atoms with Gasteiger partial charge in [0.15, 0.2) is 5.78 Å². The highest BCUT2D eigenvalue weighted by Gasteiger charge is 2.20. The summed E-state index contributed by atoms with van der Waals surface area (Å²) in [5.74, 6) is -0.440. The van der Waals surface area contributed by atoms with E-state index in [9.17, 15) is 9.59 Å². The molecule has 4 heteroatoms. The predicted octanol–water partition coefficient (Wildman–Crippen LogP) is 0.983. The minimum absolute atomic E-state index is 0.00579. The maximum atomic E-state index is 12.1. The molecule has 0 fully saturated rings. The fourth-order valence-electron chi connectivity index (χ4n) is 1.54. The molecule has 0 aliphatic heterocycles. The molecule has 1 amide bonds. The Morgan fingerprint density at radius 2 is 1.82 bits per heavy atom. The highest BCUT2D eigenvalue weighted by molar-refractivity contribution is 6.00. The Labute approximate surface area is 101 Å². The molecule has 0 saturated carbocycles. The summed E-state index contributed by atoms with van der Waals surface area (Å²) in [5.41, 5.74) is 6.86. The van der Waals surface area contributed by atoms with Crippen LogP contribution < -0.4 is 5.73 Å². The number of carbonyl (C=O) groups is 2. The van der Waals surface area contributed by atoms with Crippen LogP contribution in [0.1, 0.15) is 22.8 Å². The highest BCUT2D eigenvalue weighted by atomic mass is 16.1. The molecule has 4 nitrogen and oxygen atoms in total. The lowest BCUT2D eigenvalue weighted by Crippen LogP contribution is -2.41.